The fourth-order valence-corrected chi connectivity index (χ4v) is 2.19. The second-order valence-electron chi connectivity index (χ2n) is 4.80. The lowest BCUT2D eigenvalue weighted by Gasteiger charge is -2.25. The van der Waals surface area contributed by atoms with Crippen LogP contribution in [0.25, 0.3) is 0 Å². The Labute approximate surface area is 108 Å². The average molecular weight is 249 g/mol. The fraction of sp³-hybridized carbons (Fsp3) is 0.500. The van der Waals surface area contributed by atoms with Crippen LogP contribution in [0.4, 0.5) is 0 Å². The highest BCUT2D eigenvalue weighted by Crippen LogP contribution is 2.18. The zero-order chi connectivity index (χ0) is 13.0. The quantitative estimate of drug-likeness (QED) is 0.825. The molecule has 0 atom stereocenters. The van der Waals surface area contributed by atoms with Crippen molar-refractivity contribution in [1.29, 1.82) is 0 Å². The molecule has 0 unspecified atom stereocenters. The number of carbonyl (C=O) groups excluding carboxylic acids is 1. The summed E-state index contributed by atoms with van der Waals surface area (Å²) in [6.45, 7) is 7.84. The molecule has 1 amide bonds. The minimum absolute atomic E-state index is 0.0862. The first kappa shape index (κ1) is 12.9. The lowest BCUT2D eigenvalue weighted by molar-refractivity contribution is -0.662. The molecular formula is C14H21N2O2+. The number of nitrogens with zero attached hydrogens (tertiary/aromatic N) is 1. The van der Waals surface area contributed by atoms with Gasteiger partial charge >= 0.3 is 0 Å². The number of ether oxygens (including phenoxy) is 1. The molecule has 1 fully saturated rings. The van der Waals surface area contributed by atoms with Crippen LogP contribution in [0.1, 0.15) is 11.1 Å². The molecular weight excluding hydrogens is 228 g/mol. The Kier molecular flexibility index (Phi) is 4.20. The van der Waals surface area contributed by atoms with E-state index in [9.17, 15) is 4.79 Å². The lowest BCUT2D eigenvalue weighted by Crippen LogP contribution is -2.90. The molecule has 18 heavy (non-hydrogen) atoms. The Morgan fingerprint density at radius 1 is 1.33 bits per heavy atom. The minimum Gasteiger partial charge on any atom is -0.484 e. The van der Waals surface area contributed by atoms with E-state index < -0.39 is 0 Å². The third-order valence-corrected chi connectivity index (χ3v) is 3.24. The third kappa shape index (κ3) is 3.23. The molecule has 1 saturated heterocycles. The largest absolute Gasteiger partial charge is 0.484 e. The van der Waals surface area contributed by atoms with Crippen molar-refractivity contribution >= 4 is 5.91 Å². The number of hydrogen-bond acceptors (Lipinski definition) is 2. The van der Waals surface area contributed by atoms with Gasteiger partial charge in [-0.3, -0.25) is 4.79 Å². The molecule has 98 valence electrons. The van der Waals surface area contributed by atoms with E-state index in [1.165, 1.54) is 5.56 Å². The molecule has 1 aliphatic heterocycles. The number of carbonyl (C=O) groups is 1. The molecule has 1 aromatic carbocycles. The van der Waals surface area contributed by atoms with Crippen LogP contribution < -0.4 is 10.1 Å². The van der Waals surface area contributed by atoms with Crippen LogP contribution in [-0.4, -0.2) is 43.6 Å². The summed E-state index contributed by atoms with van der Waals surface area (Å²) in [5, 5.41) is 2.23. The van der Waals surface area contributed by atoms with Crippen molar-refractivity contribution in [2.45, 2.75) is 13.8 Å². The number of nitrogens with two attached hydrogens (primary N) is 1. The van der Waals surface area contributed by atoms with E-state index >= 15 is 0 Å². The maximum absolute atomic E-state index is 11.9. The van der Waals surface area contributed by atoms with Crippen LogP contribution in [0, 0.1) is 13.8 Å². The number of quaternary nitrogens is 1. The molecule has 4 nitrogen and oxygen atoms in total. The van der Waals surface area contributed by atoms with E-state index in [-0.39, 0.29) is 12.5 Å². The molecule has 0 radical (unpaired) electrons. The Hall–Kier alpha value is -1.55. The van der Waals surface area contributed by atoms with Gasteiger partial charge in [0.15, 0.2) is 6.61 Å². The summed E-state index contributed by atoms with van der Waals surface area (Å²) in [6.07, 6.45) is 0. The molecule has 0 aromatic heterocycles. The molecule has 2 N–H and O–H groups in total. The van der Waals surface area contributed by atoms with Crippen molar-refractivity contribution in [3.05, 3.63) is 29.3 Å². The van der Waals surface area contributed by atoms with Gasteiger partial charge in [-0.2, -0.15) is 0 Å². The van der Waals surface area contributed by atoms with E-state index in [2.05, 4.69) is 11.4 Å². The number of benzene rings is 1. The number of rotatable bonds is 3. The van der Waals surface area contributed by atoms with Crippen LogP contribution in [0.15, 0.2) is 18.2 Å². The highest BCUT2D eigenvalue weighted by atomic mass is 16.5. The summed E-state index contributed by atoms with van der Waals surface area (Å²) < 4.78 is 5.61. The third-order valence-electron chi connectivity index (χ3n) is 3.24. The van der Waals surface area contributed by atoms with Gasteiger partial charge in [0, 0.05) is 0 Å². The summed E-state index contributed by atoms with van der Waals surface area (Å²) in [7, 11) is 0. The van der Waals surface area contributed by atoms with Crippen LogP contribution in [-0.2, 0) is 4.79 Å². The molecule has 1 heterocycles. The molecule has 2 rings (SSSR count). The SMILES string of the molecule is Cc1ccc(OCC(=O)N2CC[NH2+]CC2)c(C)c1. The maximum atomic E-state index is 11.9. The van der Waals surface area contributed by atoms with E-state index in [1.54, 1.807) is 0 Å². The number of aryl methyl sites for hydroxylation is 2. The summed E-state index contributed by atoms with van der Waals surface area (Å²) in [5.41, 5.74) is 2.28. The minimum atomic E-state index is 0.0862. The summed E-state index contributed by atoms with van der Waals surface area (Å²) in [4.78, 5) is 13.8. The maximum Gasteiger partial charge on any atom is 0.260 e. The number of piperazine rings is 1. The van der Waals surface area contributed by atoms with E-state index in [0.29, 0.717) is 0 Å². The van der Waals surface area contributed by atoms with E-state index in [1.807, 2.05) is 30.9 Å². The van der Waals surface area contributed by atoms with Gasteiger partial charge in [-0.25, -0.2) is 0 Å². The average Bonchev–Trinajstić information content (AvgIpc) is 2.38. The molecule has 0 spiro atoms. The molecule has 1 aromatic rings. The van der Waals surface area contributed by atoms with Crippen molar-refractivity contribution in [2.24, 2.45) is 0 Å². The highest BCUT2D eigenvalue weighted by Gasteiger charge is 2.18. The van der Waals surface area contributed by atoms with Gasteiger partial charge in [0.2, 0.25) is 0 Å². The van der Waals surface area contributed by atoms with Gasteiger partial charge in [0.1, 0.15) is 5.75 Å². The van der Waals surface area contributed by atoms with Crippen LogP contribution in [0.3, 0.4) is 0 Å². The van der Waals surface area contributed by atoms with Gasteiger partial charge in [0.05, 0.1) is 26.2 Å². The first-order valence-corrected chi connectivity index (χ1v) is 6.46. The molecule has 0 bridgehead atoms. The van der Waals surface area contributed by atoms with Crippen LogP contribution in [0.5, 0.6) is 5.75 Å². The van der Waals surface area contributed by atoms with Crippen molar-refractivity contribution in [3.8, 4) is 5.75 Å². The first-order chi connectivity index (χ1) is 8.66. The van der Waals surface area contributed by atoms with Gasteiger partial charge in [-0.15, -0.1) is 0 Å². The molecule has 1 aliphatic rings. The number of amides is 1. The normalized spacial score (nSPS) is 15.6. The predicted molar refractivity (Wildman–Crippen MR) is 69.7 cm³/mol. The Balaban J connectivity index is 1.88. The topological polar surface area (TPSA) is 46.1 Å². The van der Waals surface area contributed by atoms with Gasteiger partial charge in [0.25, 0.3) is 5.91 Å². The Bertz CT molecular complexity index is 426. The predicted octanol–water partition coefficient (Wildman–Crippen LogP) is 0.0878. The molecule has 0 aliphatic carbocycles. The monoisotopic (exact) mass is 249 g/mol. The standard InChI is InChI=1S/C14H20N2O2/c1-11-3-4-13(12(2)9-11)18-10-14(17)16-7-5-15-6-8-16/h3-4,9,15H,5-8,10H2,1-2H3/p+1. The molecule has 4 heteroatoms. The van der Waals surface area contributed by atoms with Gasteiger partial charge in [-0.1, -0.05) is 17.7 Å². The summed E-state index contributed by atoms with van der Waals surface area (Å²) in [6, 6.07) is 6.00. The summed E-state index contributed by atoms with van der Waals surface area (Å²) in [5.74, 6) is 0.889. The summed E-state index contributed by atoms with van der Waals surface area (Å²) >= 11 is 0. The Morgan fingerprint density at radius 2 is 2.06 bits per heavy atom. The number of hydrogen-bond donors (Lipinski definition) is 1. The van der Waals surface area contributed by atoms with E-state index in [0.717, 1.165) is 37.5 Å². The van der Waals surface area contributed by atoms with Crippen LogP contribution in [0.2, 0.25) is 0 Å². The lowest BCUT2D eigenvalue weighted by atomic mass is 10.1. The van der Waals surface area contributed by atoms with Crippen molar-refractivity contribution in [2.75, 3.05) is 32.8 Å². The van der Waals surface area contributed by atoms with Crippen molar-refractivity contribution in [1.82, 2.24) is 4.90 Å². The van der Waals surface area contributed by atoms with Crippen LogP contribution >= 0.6 is 0 Å². The Morgan fingerprint density at radius 3 is 2.72 bits per heavy atom. The van der Waals surface area contributed by atoms with E-state index in [4.69, 9.17) is 4.74 Å². The van der Waals surface area contributed by atoms with Crippen molar-refractivity contribution < 1.29 is 14.8 Å². The van der Waals surface area contributed by atoms with Crippen molar-refractivity contribution in [3.63, 3.8) is 0 Å². The molecule has 0 saturated carbocycles. The fourth-order valence-electron chi connectivity index (χ4n) is 2.19. The van der Waals surface area contributed by atoms with Gasteiger partial charge < -0.3 is 15.0 Å². The highest BCUT2D eigenvalue weighted by molar-refractivity contribution is 5.77. The second-order valence-corrected chi connectivity index (χ2v) is 4.80. The smallest absolute Gasteiger partial charge is 0.260 e. The first-order valence-electron chi connectivity index (χ1n) is 6.46. The second kappa shape index (κ2) is 5.87. The zero-order valence-electron chi connectivity index (χ0n) is 11.1. The zero-order valence-corrected chi connectivity index (χ0v) is 11.1. The van der Waals surface area contributed by atoms with Gasteiger partial charge in [-0.05, 0) is 25.5 Å².